The Morgan fingerprint density at radius 3 is 2.59 bits per heavy atom. The molecule has 2 aliphatic heterocycles. The Morgan fingerprint density at radius 1 is 1.29 bits per heavy atom. The van der Waals surface area contributed by atoms with Crippen molar-refractivity contribution in [2.75, 3.05) is 12.4 Å². The molecule has 2 bridgehead atoms. The standard InChI is InChI=1S/C12H20N4S/c1-3-11-14-15-12(17-11)13-8-6-9-4-5-10(7-8)16(9)2/h8-10H,3-7H2,1-2H3,(H,13,15). The summed E-state index contributed by atoms with van der Waals surface area (Å²) in [6, 6.07) is 2.16. The van der Waals surface area contributed by atoms with Gasteiger partial charge in [-0.15, -0.1) is 10.2 Å². The van der Waals surface area contributed by atoms with E-state index in [9.17, 15) is 0 Å². The van der Waals surface area contributed by atoms with Gasteiger partial charge in [-0.3, -0.25) is 0 Å². The molecule has 2 fully saturated rings. The minimum atomic E-state index is 0.598. The number of hydrogen-bond acceptors (Lipinski definition) is 5. The first-order chi connectivity index (χ1) is 8.26. The third-order valence-electron chi connectivity index (χ3n) is 4.20. The Balaban J connectivity index is 1.63. The van der Waals surface area contributed by atoms with E-state index < -0.39 is 0 Å². The lowest BCUT2D eigenvalue weighted by molar-refractivity contribution is 0.169. The van der Waals surface area contributed by atoms with Gasteiger partial charge < -0.3 is 10.2 Å². The maximum Gasteiger partial charge on any atom is 0.205 e. The maximum absolute atomic E-state index is 4.21. The maximum atomic E-state index is 4.21. The largest absolute Gasteiger partial charge is 0.357 e. The van der Waals surface area contributed by atoms with Crippen LogP contribution in [0.1, 0.15) is 37.6 Å². The fourth-order valence-electron chi connectivity index (χ4n) is 3.16. The summed E-state index contributed by atoms with van der Waals surface area (Å²) in [6.45, 7) is 2.13. The van der Waals surface area contributed by atoms with E-state index >= 15 is 0 Å². The lowest BCUT2D eigenvalue weighted by Crippen LogP contribution is -2.44. The lowest BCUT2D eigenvalue weighted by Gasteiger charge is -2.36. The van der Waals surface area contributed by atoms with E-state index in [4.69, 9.17) is 0 Å². The third kappa shape index (κ3) is 2.18. The third-order valence-corrected chi connectivity index (χ3v) is 5.19. The molecule has 0 radical (unpaired) electrons. The summed E-state index contributed by atoms with van der Waals surface area (Å²) in [6.07, 6.45) is 6.24. The molecule has 2 atom stereocenters. The molecular weight excluding hydrogens is 232 g/mol. The molecule has 2 aliphatic rings. The van der Waals surface area contributed by atoms with Crippen LogP contribution in [0.5, 0.6) is 0 Å². The van der Waals surface area contributed by atoms with Crippen LogP contribution < -0.4 is 5.32 Å². The smallest absolute Gasteiger partial charge is 0.205 e. The van der Waals surface area contributed by atoms with Gasteiger partial charge in [0.1, 0.15) is 5.01 Å². The lowest BCUT2D eigenvalue weighted by atomic mass is 9.98. The van der Waals surface area contributed by atoms with E-state index in [0.717, 1.165) is 28.6 Å². The Morgan fingerprint density at radius 2 is 2.00 bits per heavy atom. The van der Waals surface area contributed by atoms with Gasteiger partial charge in [-0.25, -0.2) is 0 Å². The molecule has 3 rings (SSSR count). The number of rotatable bonds is 3. The van der Waals surface area contributed by atoms with E-state index in [-0.39, 0.29) is 0 Å². The van der Waals surface area contributed by atoms with E-state index in [0.29, 0.717) is 6.04 Å². The highest BCUT2D eigenvalue weighted by Gasteiger charge is 2.38. The molecule has 0 aromatic carbocycles. The molecule has 0 spiro atoms. The van der Waals surface area contributed by atoms with Gasteiger partial charge in [0.05, 0.1) is 0 Å². The van der Waals surface area contributed by atoms with Crippen LogP contribution in [0.2, 0.25) is 0 Å². The summed E-state index contributed by atoms with van der Waals surface area (Å²) < 4.78 is 0. The second-order valence-corrected chi connectivity index (χ2v) is 6.28. The zero-order valence-electron chi connectivity index (χ0n) is 10.5. The quantitative estimate of drug-likeness (QED) is 0.895. The van der Waals surface area contributed by atoms with E-state index in [1.165, 1.54) is 25.7 Å². The zero-order valence-corrected chi connectivity index (χ0v) is 11.3. The van der Waals surface area contributed by atoms with Crippen molar-refractivity contribution in [3.63, 3.8) is 0 Å². The summed E-state index contributed by atoms with van der Waals surface area (Å²) in [4.78, 5) is 2.57. The highest BCUT2D eigenvalue weighted by molar-refractivity contribution is 7.15. The number of fused-ring (bicyclic) bond motifs is 2. The van der Waals surface area contributed by atoms with Crippen LogP contribution in [0.3, 0.4) is 0 Å². The molecule has 1 N–H and O–H groups in total. The Labute approximate surface area is 106 Å². The highest BCUT2D eigenvalue weighted by atomic mass is 32.1. The Kier molecular flexibility index (Phi) is 3.04. The van der Waals surface area contributed by atoms with Crippen molar-refractivity contribution < 1.29 is 0 Å². The van der Waals surface area contributed by atoms with Gasteiger partial charge in [0.25, 0.3) is 0 Å². The summed E-state index contributed by atoms with van der Waals surface area (Å²) >= 11 is 1.70. The van der Waals surface area contributed by atoms with Crippen LogP contribution in [-0.4, -0.2) is 40.3 Å². The molecule has 0 aliphatic carbocycles. The first-order valence-electron chi connectivity index (χ1n) is 6.57. The van der Waals surface area contributed by atoms with Crippen LogP contribution >= 0.6 is 11.3 Å². The molecule has 1 aromatic rings. The predicted molar refractivity (Wildman–Crippen MR) is 70.5 cm³/mol. The molecule has 17 heavy (non-hydrogen) atoms. The van der Waals surface area contributed by atoms with Crippen molar-refractivity contribution in [3.8, 4) is 0 Å². The fourth-order valence-corrected chi connectivity index (χ4v) is 3.92. The number of anilines is 1. The molecule has 4 nitrogen and oxygen atoms in total. The van der Waals surface area contributed by atoms with Crippen molar-refractivity contribution in [1.29, 1.82) is 0 Å². The highest BCUT2D eigenvalue weighted by Crippen LogP contribution is 2.35. The van der Waals surface area contributed by atoms with Crippen molar-refractivity contribution in [1.82, 2.24) is 15.1 Å². The first-order valence-corrected chi connectivity index (χ1v) is 7.38. The van der Waals surface area contributed by atoms with E-state index in [1.54, 1.807) is 11.3 Å². The van der Waals surface area contributed by atoms with Crippen molar-refractivity contribution in [2.45, 2.75) is 57.2 Å². The van der Waals surface area contributed by atoms with Crippen LogP contribution in [-0.2, 0) is 6.42 Å². The van der Waals surface area contributed by atoms with E-state index in [2.05, 4.69) is 34.4 Å². The van der Waals surface area contributed by atoms with Crippen molar-refractivity contribution >= 4 is 16.5 Å². The van der Waals surface area contributed by atoms with Gasteiger partial charge in [-0.05, 0) is 39.2 Å². The Hall–Kier alpha value is -0.680. The van der Waals surface area contributed by atoms with Crippen LogP contribution in [0.15, 0.2) is 0 Å². The van der Waals surface area contributed by atoms with Gasteiger partial charge in [-0.1, -0.05) is 18.3 Å². The molecule has 2 saturated heterocycles. The topological polar surface area (TPSA) is 41.1 Å². The normalized spacial score (nSPS) is 32.9. The monoisotopic (exact) mass is 252 g/mol. The molecule has 1 aromatic heterocycles. The summed E-state index contributed by atoms with van der Waals surface area (Å²) in [5.74, 6) is 0. The molecule has 94 valence electrons. The van der Waals surface area contributed by atoms with Crippen LogP contribution in [0.4, 0.5) is 5.13 Å². The first kappa shape index (κ1) is 11.4. The number of aryl methyl sites for hydroxylation is 1. The van der Waals surface area contributed by atoms with Crippen molar-refractivity contribution in [2.24, 2.45) is 0 Å². The molecule has 5 heteroatoms. The summed E-state index contributed by atoms with van der Waals surface area (Å²) in [5, 5.41) is 14.1. The number of aromatic nitrogens is 2. The number of nitrogens with zero attached hydrogens (tertiary/aromatic N) is 3. The molecule has 2 unspecified atom stereocenters. The number of hydrogen-bond donors (Lipinski definition) is 1. The Bertz CT molecular complexity index is 378. The molecule has 0 amide bonds. The van der Waals surface area contributed by atoms with Gasteiger partial charge in [0, 0.05) is 18.1 Å². The molecule has 0 saturated carbocycles. The number of nitrogens with one attached hydrogen (secondary N) is 1. The van der Waals surface area contributed by atoms with Gasteiger partial charge in [0.2, 0.25) is 5.13 Å². The van der Waals surface area contributed by atoms with Crippen LogP contribution in [0.25, 0.3) is 0 Å². The van der Waals surface area contributed by atoms with E-state index in [1.807, 2.05) is 0 Å². The minimum absolute atomic E-state index is 0.598. The average molecular weight is 252 g/mol. The molecule has 3 heterocycles. The van der Waals surface area contributed by atoms with Gasteiger partial charge in [0.15, 0.2) is 0 Å². The predicted octanol–water partition coefficient (Wildman–Crippen LogP) is 2.14. The zero-order chi connectivity index (χ0) is 11.8. The summed E-state index contributed by atoms with van der Waals surface area (Å²) in [7, 11) is 2.28. The van der Waals surface area contributed by atoms with Crippen molar-refractivity contribution in [3.05, 3.63) is 5.01 Å². The average Bonchev–Trinajstić information content (AvgIpc) is 2.83. The minimum Gasteiger partial charge on any atom is -0.357 e. The fraction of sp³-hybridized carbons (Fsp3) is 0.833. The summed E-state index contributed by atoms with van der Waals surface area (Å²) in [5.41, 5.74) is 0. The molecular formula is C12H20N4S. The SMILES string of the molecule is CCc1nnc(NC2CC3CCC(C2)N3C)s1. The van der Waals surface area contributed by atoms with Crippen LogP contribution in [0, 0.1) is 0 Å². The second kappa shape index (κ2) is 4.53. The second-order valence-electron chi connectivity index (χ2n) is 5.22. The van der Waals surface area contributed by atoms with Gasteiger partial charge in [-0.2, -0.15) is 0 Å². The number of piperidine rings is 1. The van der Waals surface area contributed by atoms with Gasteiger partial charge >= 0.3 is 0 Å².